The van der Waals surface area contributed by atoms with Crippen molar-refractivity contribution in [1.29, 1.82) is 0 Å². The number of H-pyrrole nitrogens is 1. The Hall–Kier alpha value is -2.41. The van der Waals surface area contributed by atoms with Gasteiger partial charge in [0.25, 0.3) is 0 Å². The van der Waals surface area contributed by atoms with Crippen molar-refractivity contribution in [2.75, 3.05) is 0 Å². The van der Waals surface area contributed by atoms with Gasteiger partial charge in [0, 0.05) is 13.2 Å². The van der Waals surface area contributed by atoms with E-state index in [-0.39, 0.29) is 0 Å². The summed E-state index contributed by atoms with van der Waals surface area (Å²) in [5, 5.41) is 11.4. The van der Waals surface area contributed by atoms with Gasteiger partial charge in [0.05, 0.1) is 11.4 Å². The molecule has 1 N–H and O–H groups in total. The van der Waals surface area contributed by atoms with Crippen molar-refractivity contribution >= 4 is 12.2 Å². The molecule has 0 saturated heterocycles. The van der Waals surface area contributed by atoms with Crippen LogP contribution in [0.4, 0.5) is 0 Å². The largest absolute Gasteiger partial charge is 0.485 e. The van der Waals surface area contributed by atoms with E-state index in [0.29, 0.717) is 17.2 Å². The lowest BCUT2D eigenvalue weighted by atomic mass is 10.2. The molecule has 3 rings (SSSR count). The topological polar surface area (TPSA) is 60.7 Å². The molecule has 0 aliphatic rings. The van der Waals surface area contributed by atoms with Gasteiger partial charge in [0.15, 0.2) is 10.6 Å². The Balaban J connectivity index is 1.92. The van der Waals surface area contributed by atoms with Crippen LogP contribution in [0, 0.1) is 18.6 Å². The van der Waals surface area contributed by atoms with Crippen molar-refractivity contribution in [2.24, 2.45) is 7.05 Å². The Morgan fingerprint density at radius 1 is 1.27 bits per heavy atom. The summed E-state index contributed by atoms with van der Waals surface area (Å²) in [6, 6.07) is 7.88. The lowest BCUT2D eigenvalue weighted by Gasteiger charge is -2.09. The van der Waals surface area contributed by atoms with Crippen LogP contribution in [0.5, 0.6) is 5.75 Å². The van der Waals surface area contributed by atoms with Gasteiger partial charge in [0.1, 0.15) is 12.4 Å². The quantitative estimate of drug-likeness (QED) is 0.752. The van der Waals surface area contributed by atoms with Gasteiger partial charge in [-0.1, -0.05) is 18.2 Å². The lowest BCUT2D eigenvalue weighted by Crippen LogP contribution is -2.06. The predicted octanol–water partition coefficient (Wildman–Crippen LogP) is 2.86. The molecule has 0 spiro atoms. The van der Waals surface area contributed by atoms with Gasteiger partial charge in [-0.15, -0.1) is 0 Å². The standard InChI is InChI=1S/C15H17N5OS/c1-10-6-4-5-7-13(10)21-9-14-16-17-15(22)20(14)12-8-19(3)18-11(12)2/h4-8H,9H2,1-3H3,(H,17,22). The molecule has 0 saturated carbocycles. The van der Waals surface area contributed by atoms with Crippen LogP contribution in [-0.4, -0.2) is 24.5 Å². The van der Waals surface area contributed by atoms with Gasteiger partial charge in [-0.3, -0.25) is 14.3 Å². The minimum atomic E-state index is 0.326. The highest BCUT2D eigenvalue weighted by atomic mass is 32.1. The van der Waals surface area contributed by atoms with Crippen molar-refractivity contribution < 1.29 is 4.74 Å². The van der Waals surface area contributed by atoms with Gasteiger partial charge in [0.2, 0.25) is 0 Å². The van der Waals surface area contributed by atoms with Crippen LogP contribution in [0.2, 0.25) is 0 Å². The number of rotatable bonds is 4. The normalized spacial score (nSPS) is 10.9. The van der Waals surface area contributed by atoms with E-state index in [1.54, 1.807) is 4.68 Å². The van der Waals surface area contributed by atoms with Crippen molar-refractivity contribution in [3.8, 4) is 11.4 Å². The summed E-state index contributed by atoms with van der Waals surface area (Å²) in [5.74, 6) is 1.55. The van der Waals surface area contributed by atoms with E-state index in [4.69, 9.17) is 17.0 Å². The molecule has 3 aromatic rings. The van der Waals surface area contributed by atoms with E-state index in [1.165, 1.54) is 0 Å². The van der Waals surface area contributed by atoms with Crippen LogP contribution < -0.4 is 4.74 Å². The number of hydrogen-bond donors (Lipinski definition) is 1. The third-order valence-corrected chi connectivity index (χ3v) is 3.69. The first kappa shape index (κ1) is 14.5. The fourth-order valence-electron chi connectivity index (χ4n) is 2.34. The number of aromatic nitrogens is 5. The second-order valence-electron chi connectivity index (χ2n) is 5.11. The van der Waals surface area contributed by atoms with Crippen LogP contribution in [0.1, 0.15) is 17.1 Å². The van der Waals surface area contributed by atoms with E-state index in [0.717, 1.165) is 22.7 Å². The Labute approximate surface area is 133 Å². The van der Waals surface area contributed by atoms with Crippen LogP contribution in [0.3, 0.4) is 0 Å². The van der Waals surface area contributed by atoms with E-state index in [9.17, 15) is 0 Å². The van der Waals surface area contributed by atoms with Crippen LogP contribution >= 0.6 is 12.2 Å². The zero-order valence-electron chi connectivity index (χ0n) is 12.7. The van der Waals surface area contributed by atoms with E-state index in [2.05, 4.69) is 15.3 Å². The van der Waals surface area contributed by atoms with Gasteiger partial charge >= 0.3 is 0 Å². The average Bonchev–Trinajstić information content (AvgIpc) is 3.00. The van der Waals surface area contributed by atoms with E-state index < -0.39 is 0 Å². The summed E-state index contributed by atoms with van der Waals surface area (Å²) in [6.07, 6.45) is 1.91. The molecule has 6 nitrogen and oxygen atoms in total. The number of hydrogen-bond acceptors (Lipinski definition) is 4. The number of nitrogens with one attached hydrogen (secondary N) is 1. The Kier molecular flexibility index (Phi) is 3.81. The zero-order chi connectivity index (χ0) is 15.7. The summed E-state index contributed by atoms with van der Waals surface area (Å²) in [7, 11) is 1.88. The van der Waals surface area contributed by atoms with Gasteiger partial charge in [-0.2, -0.15) is 10.2 Å². The maximum Gasteiger partial charge on any atom is 0.200 e. The molecule has 0 radical (unpaired) electrons. The molecular weight excluding hydrogens is 298 g/mol. The molecule has 0 amide bonds. The third-order valence-electron chi connectivity index (χ3n) is 3.42. The fourth-order valence-corrected chi connectivity index (χ4v) is 2.59. The highest BCUT2D eigenvalue weighted by molar-refractivity contribution is 7.71. The molecule has 1 aromatic carbocycles. The third kappa shape index (κ3) is 2.67. The summed E-state index contributed by atoms with van der Waals surface area (Å²) in [5.41, 5.74) is 2.88. The molecule has 7 heteroatoms. The van der Waals surface area contributed by atoms with Crippen molar-refractivity contribution in [2.45, 2.75) is 20.5 Å². The summed E-state index contributed by atoms with van der Waals surface area (Å²) < 4.78 is 10.0. The Morgan fingerprint density at radius 3 is 2.73 bits per heavy atom. The molecule has 0 aliphatic carbocycles. The molecule has 0 aliphatic heterocycles. The monoisotopic (exact) mass is 315 g/mol. The first-order valence-electron chi connectivity index (χ1n) is 6.91. The number of benzene rings is 1. The number of nitrogens with zero attached hydrogens (tertiary/aromatic N) is 4. The molecule has 0 unspecified atom stereocenters. The maximum absolute atomic E-state index is 5.87. The minimum absolute atomic E-state index is 0.326. The van der Waals surface area contributed by atoms with E-state index >= 15 is 0 Å². The highest BCUT2D eigenvalue weighted by Crippen LogP contribution is 2.19. The molecule has 0 fully saturated rings. The van der Waals surface area contributed by atoms with Gasteiger partial charge < -0.3 is 4.74 Å². The minimum Gasteiger partial charge on any atom is -0.485 e. The fraction of sp³-hybridized carbons (Fsp3) is 0.267. The van der Waals surface area contributed by atoms with E-state index in [1.807, 2.05) is 55.9 Å². The molecule has 2 heterocycles. The van der Waals surface area contributed by atoms with Gasteiger partial charge in [-0.25, -0.2) is 0 Å². The Morgan fingerprint density at radius 2 is 2.05 bits per heavy atom. The molecule has 22 heavy (non-hydrogen) atoms. The van der Waals surface area contributed by atoms with Crippen molar-refractivity contribution in [3.63, 3.8) is 0 Å². The number of ether oxygens (including phenoxy) is 1. The van der Waals surface area contributed by atoms with Crippen molar-refractivity contribution in [1.82, 2.24) is 24.5 Å². The molecule has 114 valence electrons. The van der Waals surface area contributed by atoms with Crippen LogP contribution in [-0.2, 0) is 13.7 Å². The summed E-state index contributed by atoms with van der Waals surface area (Å²) >= 11 is 5.33. The number of para-hydroxylation sites is 1. The lowest BCUT2D eigenvalue weighted by molar-refractivity contribution is 0.291. The van der Waals surface area contributed by atoms with Crippen LogP contribution in [0.25, 0.3) is 5.69 Å². The Bertz CT molecular complexity index is 861. The molecule has 2 aromatic heterocycles. The number of aromatic amines is 1. The summed E-state index contributed by atoms with van der Waals surface area (Å²) in [4.78, 5) is 0. The van der Waals surface area contributed by atoms with Crippen LogP contribution in [0.15, 0.2) is 30.5 Å². The second kappa shape index (κ2) is 5.76. The number of aryl methyl sites for hydroxylation is 3. The smallest absolute Gasteiger partial charge is 0.200 e. The first-order valence-corrected chi connectivity index (χ1v) is 7.32. The summed E-state index contributed by atoms with van der Waals surface area (Å²) in [6.45, 7) is 4.28. The van der Waals surface area contributed by atoms with Gasteiger partial charge in [-0.05, 0) is 37.7 Å². The first-order chi connectivity index (χ1) is 10.6. The molecule has 0 atom stereocenters. The molecule has 0 bridgehead atoms. The predicted molar refractivity (Wildman–Crippen MR) is 85.8 cm³/mol. The average molecular weight is 315 g/mol. The maximum atomic E-state index is 5.87. The van der Waals surface area contributed by atoms with Crippen molar-refractivity contribution in [3.05, 3.63) is 52.3 Å². The zero-order valence-corrected chi connectivity index (χ0v) is 13.5. The SMILES string of the molecule is Cc1ccccc1OCc1n[nH]c(=S)n1-c1cn(C)nc1C. The molecular formula is C15H17N5OS. The highest BCUT2D eigenvalue weighted by Gasteiger charge is 2.14. The second-order valence-corrected chi connectivity index (χ2v) is 5.49.